The van der Waals surface area contributed by atoms with E-state index in [-0.39, 0.29) is 24.0 Å². The maximum absolute atomic E-state index is 12.3. The van der Waals surface area contributed by atoms with E-state index in [1.54, 1.807) is 24.3 Å². The SMILES string of the molecule is CC(=O)c1cccc(NC(=O)C[C@H]2SC(N3CCCCC3)=NC2=O)c1. The lowest BCUT2D eigenvalue weighted by Crippen LogP contribution is -2.33. The third kappa shape index (κ3) is 4.48. The van der Waals surface area contributed by atoms with Crippen LogP contribution in [-0.4, -0.2) is 46.0 Å². The van der Waals surface area contributed by atoms with Crippen LogP contribution in [0.2, 0.25) is 0 Å². The zero-order valence-corrected chi connectivity index (χ0v) is 15.0. The molecule has 1 saturated heterocycles. The number of carbonyl (C=O) groups is 3. The molecule has 7 heteroatoms. The minimum atomic E-state index is -0.465. The van der Waals surface area contributed by atoms with Crippen LogP contribution in [0.3, 0.4) is 0 Å². The maximum Gasteiger partial charge on any atom is 0.262 e. The molecule has 0 aromatic heterocycles. The molecule has 0 aliphatic carbocycles. The summed E-state index contributed by atoms with van der Waals surface area (Å²) in [6.07, 6.45) is 3.53. The Hall–Kier alpha value is -2.15. The Kier molecular flexibility index (Phi) is 5.53. The minimum absolute atomic E-state index is 0.0581. The number of Topliss-reactive ketones (excluding diaryl/α,β-unsaturated/α-hetero) is 1. The van der Waals surface area contributed by atoms with Crippen LogP contribution in [-0.2, 0) is 9.59 Å². The van der Waals surface area contributed by atoms with E-state index >= 15 is 0 Å². The van der Waals surface area contributed by atoms with Gasteiger partial charge in [0.2, 0.25) is 5.91 Å². The summed E-state index contributed by atoms with van der Waals surface area (Å²) in [6.45, 7) is 3.33. The summed E-state index contributed by atoms with van der Waals surface area (Å²) in [4.78, 5) is 42.0. The van der Waals surface area contributed by atoms with Crippen LogP contribution in [0.5, 0.6) is 0 Å². The van der Waals surface area contributed by atoms with Gasteiger partial charge in [-0.3, -0.25) is 14.4 Å². The topological polar surface area (TPSA) is 78.8 Å². The third-order valence-electron chi connectivity index (χ3n) is 4.28. The second-order valence-electron chi connectivity index (χ2n) is 6.28. The molecule has 3 rings (SSSR count). The molecule has 1 aromatic carbocycles. The molecule has 1 fully saturated rings. The van der Waals surface area contributed by atoms with Gasteiger partial charge < -0.3 is 10.2 Å². The molecule has 132 valence electrons. The van der Waals surface area contributed by atoms with E-state index in [0.29, 0.717) is 11.3 Å². The predicted octanol–water partition coefficient (Wildman–Crippen LogP) is 2.70. The second-order valence-corrected chi connectivity index (χ2v) is 7.45. The van der Waals surface area contributed by atoms with E-state index in [0.717, 1.165) is 31.1 Å². The first-order valence-corrected chi connectivity index (χ1v) is 9.36. The molecule has 2 aliphatic heterocycles. The van der Waals surface area contributed by atoms with Crippen molar-refractivity contribution in [1.29, 1.82) is 0 Å². The predicted molar refractivity (Wildman–Crippen MR) is 98.9 cm³/mol. The Morgan fingerprint density at radius 1 is 1.28 bits per heavy atom. The number of nitrogens with zero attached hydrogens (tertiary/aromatic N) is 2. The number of likely N-dealkylation sites (tertiary alicyclic amines) is 1. The van der Waals surface area contributed by atoms with Crippen molar-refractivity contribution in [2.45, 2.75) is 37.9 Å². The monoisotopic (exact) mass is 359 g/mol. The summed E-state index contributed by atoms with van der Waals surface area (Å²) >= 11 is 1.38. The molecule has 2 heterocycles. The second kappa shape index (κ2) is 7.82. The fourth-order valence-electron chi connectivity index (χ4n) is 2.93. The van der Waals surface area contributed by atoms with Gasteiger partial charge in [0.15, 0.2) is 11.0 Å². The number of hydrogen-bond donors (Lipinski definition) is 1. The lowest BCUT2D eigenvalue weighted by atomic mass is 10.1. The molecule has 0 radical (unpaired) electrons. The number of hydrogen-bond acceptors (Lipinski definition) is 5. The zero-order chi connectivity index (χ0) is 17.8. The van der Waals surface area contributed by atoms with Crippen LogP contribution in [0.25, 0.3) is 0 Å². The van der Waals surface area contributed by atoms with Crippen molar-refractivity contribution in [1.82, 2.24) is 4.90 Å². The van der Waals surface area contributed by atoms with E-state index < -0.39 is 5.25 Å². The summed E-state index contributed by atoms with van der Waals surface area (Å²) in [5.74, 6) is -0.544. The Morgan fingerprint density at radius 2 is 2.04 bits per heavy atom. The standard InChI is InChI=1S/C18H21N3O3S/c1-12(22)13-6-5-7-14(10-13)19-16(23)11-15-17(24)20-18(25-15)21-8-3-2-4-9-21/h5-7,10,15H,2-4,8-9,11H2,1H3,(H,19,23)/t15-/m1/s1. The molecule has 0 unspecified atom stereocenters. The van der Waals surface area contributed by atoms with Gasteiger partial charge in [0, 0.05) is 30.8 Å². The highest BCUT2D eigenvalue weighted by molar-refractivity contribution is 8.15. The number of nitrogens with one attached hydrogen (secondary N) is 1. The number of ketones is 1. The smallest absolute Gasteiger partial charge is 0.262 e. The van der Waals surface area contributed by atoms with Gasteiger partial charge in [0.1, 0.15) is 5.25 Å². The Bertz CT molecular complexity index is 726. The molecule has 1 aromatic rings. The molecule has 25 heavy (non-hydrogen) atoms. The quantitative estimate of drug-likeness (QED) is 0.836. The van der Waals surface area contributed by atoms with E-state index in [1.807, 2.05) is 0 Å². The zero-order valence-electron chi connectivity index (χ0n) is 14.2. The number of carbonyl (C=O) groups excluding carboxylic acids is 3. The molecule has 6 nitrogen and oxygen atoms in total. The highest BCUT2D eigenvalue weighted by atomic mass is 32.2. The maximum atomic E-state index is 12.3. The molecular formula is C18H21N3O3S. The van der Waals surface area contributed by atoms with Crippen molar-refractivity contribution < 1.29 is 14.4 Å². The van der Waals surface area contributed by atoms with Gasteiger partial charge in [-0.15, -0.1) is 0 Å². The summed E-state index contributed by atoms with van der Waals surface area (Å²) in [6, 6.07) is 6.79. The van der Waals surface area contributed by atoms with Crippen LogP contribution >= 0.6 is 11.8 Å². The van der Waals surface area contributed by atoms with Crippen molar-refractivity contribution in [3.05, 3.63) is 29.8 Å². The highest BCUT2D eigenvalue weighted by Crippen LogP contribution is 2.29. The van der Waals surface area contributed by atoms with E-state index in [2.05, 4.69) is 15.2 Å². The molecule has 1 N–H and O–H groups in total. The number of thioether (sulfide) groups is 1. The van der Waals surface area contributed by atoms with Crippen LogP contribution < -0.4 is 5.32 Å². The minimum Gasteiger partial charge on any atom is -0.351 e. The first-order chi connectivity index (χ1) is 12.0. The Morgan fingerprint density at radius 3 is 2.76 bits per heavy atom. The van der Waals surface area contributed by atoms with Gasteiger partial charge in [0.25, 0.3) is 5.91 Å². The van der Waals surface area contributed by atoms with Crippen LogP contribution in [0.15, 0.2) is 29.3 Å². The van der Waals surface area contributed by atoms with Gasteiger partial charge in [-0.25, -0.2) is 0 Å². The molecule has 2 amide bonds. The normalized spacial score (nSPS) is 20.4. The number of aliphatic imine (C=N–C) groups is 1. The van der Waals surface area contributed by atoms with Gasteiger partial charge in [-0.2, -0.15) is 4.99 Å². The van der Waals surface area contributed by atoms with Crippen molar-refractivity contribution in [3.8, 4) is 0 Å². The van der Waals surface area contributed by atoms with Crippen LogP contribution in [0, 0.1) is 0 Å². The first-order valence-electron chi connectivity index (χ1n) is 8.48. The van der Waals surface area contributed by atoms with Gasteiger partial charge >= 0.3 is 0 Å². The summed E-state index contributed by atoms with van der Waals surface area (Å²) < 4.78 is 0. The lowest BCUT2D eigenvalue weighted by molar-refractivity contribution is -0.121. The molecule has 0 spiro atoms. The van der Waals surface area contributed by atoms with Gasteiger partial charge in [0.05, 0.1) is 0 Å². The third-order valence-corrected chi connectivity index (χ3v) is 5.49. The van der Waals surface area contributed by atoms with E-state index in [4.69, 9.17) is 0 Å². The summed E-state index contributed by atoms with van der Waals surface area (Å²) in [5.41, 5.74) is 1.10. The largest absolute Gasteiger partial charge is 0.351 e. The van der Waals surface area contributed by atoms with Crippen molar-refractivity contribution in [3.63, 3.8) is 0 Å². The molecule has 0 saturated carbocycles. The van der Waals surface area contributed by atoms with Crippen LogP contribution in [0.1, 0.15) is 43.0 Å². The van der Waals surface area contributed by atoms with Crippen molar-refractivity contribution in [2.75, 3.05) is 18.4 Å². The van der Waals surface area contributed by atoms with E-state index in [9.17, 15) is 14.4 Å². The van der Waals surface area contributed by atoms with Crippen molar-refractivity contribution >= 4 is 40.2 Å². The first kappa shape index (κ1) is 17.7. The summed E-state index contributed by atoms with van der Waals surface area (Å²) in [7, 11) is 0. The number of piperidine rings is 1. The summed E-state index contributed by atoms with van der Waals surface area (Å²) in [5, 5.41) is 3.04. The number of anilines is 1. The fraction of sp³-hybridized carbons (Fsp3) is 0.444. The number of amides is 2. The fourth-order valence-corrected chi connectivity index (χ4v) is 4.04. The average Bonchev–Trinajstić information content (AvgIpc) is 2.96. The van der Waals surface area contributed by atoms with Gasteiger partial charge in [-0.05, 0) is 38.3 Å². The lowest BCUT2D eigenvalue weighted by Gasteiger charge is -2.27. The van der Waals surface area contributed by atoms with Crippen LogP contribution in [0.4, 0.5) is 5.69 Å². The van der Waals surface area contributed by atoms with Crippen molar-refractivity contribution in [2.24, 2.45) is 4.99 Å². The number of amidine groups is 1. The average molecular weight is 359 g/mol. The van der Waals surface area contributed by atoms with E-state index in [1.165, 1.54) is 25.1 Å². The Balaban J connectivity index is 1.56. The number of rotatable bonds is 4. The number of benzene rings is 1. The Labute approximate surface area is 151 Å². The highest BCUT2D eigenvalue weighted by Gasteiger charge is 2.33. The molecule has 0 bridgehead atoms. The molecule has 2 aliphatic rings. The van der Waals surface area contributed by atoms with Gasteiger partial charge in [-0.1, -0.05) is 23.9 Å². The molecule has 1 atom stereocenters. The molecular weight excluding hydrogens is 338 g/mol.